The Bertz CT molecular complexity index is 868. The zero-order chi connectivity index (χ0) is 20.9. The van der Waals surface area contributed by atoms with Crippen LogP contribution in [-0.2, 0) is 27.4 Å². The van der Waals surface area contributed by atoms with Gasteiger partial charge in [0.15, 0.2) is 0 Å². The number of carbonyl (C=O) groups is 2. The number of hydrogen-bond acceptors (Lipinski definition) is 6. The van der Waals surface area contributed by atoms with Crippen molar-refractivity contribution in [2.75, 3.05) is 33.4 Å². The standard InChI is InChI=1S/C21H27N5O4/c1-29-18-4-2-3-17(7-18)8-24-9-19(30-13-16-5-6-16)10-25(11-20(24)27)21(28)12-26-15-22-14-23-26/h2-4,7,14-16,19H,5-6,8-13H2,1H3. The SMILES string of the molecule is COc1cccc(CN2CC(OCC3CC3)CN(C(=O)Cn3cncn3)CC2=O)c1. The first kappa shape index (κ1) is 20.3. The third kappa shape index (κ3) is 5.35. The quantitative estimate of drug-likeness (QED) is 0.640. The molecule has 4 rings (SSSR count). The minimum atomic E-state index is -0.220. The van der Waals surface area contributed by atoms with Crippen molar-refractivity contribution in [3.63, 3.8) is 0 Å². The number of hydrogen-bond donors (Lipinski definition) is 0. The lowest BCUT2D eigenvalue weighted by Gasteiger charge is -2.25. The first-order valence-electron chi connectivity index (χ1n) is 10.2. The van der Waals surface area contributed by atoms with Crippen LogP contribution in [0.4, 0.5) is 0 Å². The second kappa shape index (κ2) is 9.25. The summed E-state index contributed by atoms with van der Waals surface area (Å²) >= 11 is 0. The summed E-state index contributed by atoms with van der Waals surface area (Å²) in [6.07, 6.45) is 5.04. The molecule has 30 heavy (non-hydrogen) atoms. The third-order valence-corrected chi connectivity index (χ3v) is 5.42. The minimum Gasteiger partial charge on any atom is -0.497 e. The molecule has 1 aromatic carbocycles. The van der Waals surface area contributed by atoms with Crippen molar-refractivity contribution in [1.82, 2.24) is 24.6 Å². The van der Waals surface area contributed by atoms with Crippen molar-refractivity contribution in [3.8, 4) is 5.75 Å². The molecular weight excluding hydrogens is 386 g/mol. The summed E-state index contributed by atoms with van der Waals surface area (Å²) in [7, 11) is 1.62. The Hall–Kier alpha value is -2.94. The van der Waals surface area contributed by atoms with E-state index in [1.54, 1.807) is 16.9 Å². The van der Waals surface area contributed by atoms with E-state index in [1.165, 1.54) is 30.2 Å². The maximum atomic E-state index is 13.0. The number of benzene rings is 1. The van der Waals surface area contributed by atoms with Crippen molar-refractivity contribution in [1.29, 1.82) is 0 Å². The summed E-state index contributed by atoms with van der Waals surface area (Å²) in [4.78, 5) is 33.0. The molecule has 9 nitrogen and oxygen atoms in total. The molecule has 0 bridgehead atoms. The summed E-state index contributed by atoms with van der Waals surface area (Å²) in [6.45, 7) is 2.05. The summed E-state index contributed by atoms with van der Waals surface area (Å²) in [5.74, 6) is 1.09. The van der Waals surface area contributed by atoms with Gasteiger partial charge in [-0.25, -0.2) is 9.67 Å². The first-order valence-corrected chi connectivity index (χ1v) is 10.2. The van der Waals surface area contributed by atoms with Crippen LogP contribution in [0.3, 0.4) is 0 Å². The van der Waals surface area contributed by atoms with E-state index in [1.807, 2.05) is 24.3 Å². The van der Waals surface area contributed by atoms with Gasteiger partial charge in [0.1, 0.15) is 24.9 Å². The van der Waals surface area contributed by atoms with Crippen LogP contribution in [0.5, 0.6) is 5.75 Å². The van der Waals surface area contributed by atoms with Crippen LogP contribution in [0.15, 0.2) is 36.9 Å². The number of aromatic nitrogens is 3. The van der Waals surface area contributed by atoms with Crippen LogP contribution in [0.1, 0.15) is 18.4 Å². The van der Waals surface area contributed by atoms with Gasteiger partial charge in [0.25, 0.3) is 0 Å². The Labute approximate surface area is 175 Å². The van der Waals surface area contributed by atoms with Crippen LogP contribution in [0, 0.1) is 5.92 Å². The molecule has 2 fully saturated rings. The van der Waals surface area contributed by atoms with Crippen LogP contribution >= 0.6 is 0 Å². The van der Waals surface area contributed by atoms with Crippen molar-refractivity contribution in [2.45, 2.75) is 32.0 Å². The van der Waals surface area contributed by atoms with Gasteiger partial charge >= 0.3 is 0 Å². The second-order valence-electron chi connectivity index (χ2n) is 7.89. The van der Waals surface area contributed by atoms with Gasteiger partial charge in [-0.1, -0.05) is 12.1 Å². The molecule has 9 heteroatoms. The van der Waals surface area contributed by atoms with Crippen molar-refractivity contribution < 1.29 is 19.1 Å². The molecule has 1 aromatic heterocycles. The van der Waals surface area contributed by atoms with Crippen molar-refractivity contribution >= 4 is 11.8 Å². The topological polar surface area (TPSA) is 89.8 Å². The highest BCUT2D eigenvalue weighted by Gasteiger charge is 2.32. The molecule has 1 saturated heterocycles. The lowest BCUT2D eigenvalue weighted by atomic mass is 10.2. The van der Waals surface area contributed by atoms with Crippen molar-refractivity contribution in [3.05, 3.63) is 42.5 Å². The van der Waals surface area contributed by atoms with Gasteiger partial charge in [-0.3, -0.25) is 9.59 Å². The number of nitrogens with zero attached hydrogens (tertiary/aromatic N) is 5. The predicted octanol–water partition coefficient (Wildman–Crippen LogP) is 0.953. The fourth-order valence-corrected chi connectivity index (χ4v) is 3.53. The highest BCUT2D eigenvalue weighted by atomic mass is 16.5. The monoisotopic (exact) mass is 413 g/mol. The van der Waals surface area contributed by atoms with Gasteiger partial charge in [-0.15, -0.1) is 0 Å². The minimum absolute atomic E-state index is 0.0286. The van der Waals surface area contributed by atoms with E-state index in [9.17, 15) is 9.59 Å². The summed E-state index contributed by atoms with van der Waals surface area (Å²) in [5, 5.41) is 3.99. The van der Waals surface area contributed by atoms with Gasteiger partial charge in [-0.2, -0.15) is 5.10 Å². The molecule has 2 amide bonds. The molecule has 2 heterocycles. The predicted molar refractivity (Wildman–Crippen MR) is 107 cm³/mol. The Kier molecular flexibility index (Phi) is 6.27. The second-order valence-corrected chi connectivity index (χ2v) is 7.89. The van der Waals surface area contributed by atoms with E-state index >= 15 is 0 Å². The number of rotatable bonds is 8. The van der Waals surface area contributed by atoms with Gasteiger partial charge in [0.05, 0.1) is 19.8 Å². The Morgan fingerprint density at radius 3 is 2.87 bits per heavy atom. The van der Waals surface area contributed by atoms with Crippen molar-refractivity contribution in [2.24, 2.45) is 5.92 Å². The summed E-state index contributed by atoms with van der Waals surface area (Å²) in [6, 6.07) is 7.67. The molecule has 160 valence electrons. The largest absolute Gasteiger partial charge is 0.497 e. The maximum absolute atomic E-state index is 13.0. The van der Waals surface area contributed by atoms with Crippen LogP contribution < -0.4 is 4.74 Å². The first-order chi connectivity index (χ1) is 14.6. The maximum Gasteiger partial charge on any atom is 0.244 e. The van der Waals surface area contributed by atoms with E-state index in [0.717, 1.165) is 11.3 Å². The molecule has 0 radical (unpaired) electrons. The van der Waals surface area contributed by atoms with E-state index in [0.29, 0.717) is 32.2 Å². The highest BCUT2D eigenvalue weighted by molar-refractivity contribution is 5.85. The van der Waals surface area contributed by atoms with Crippen LogP contribution in [0.2, 0.25) is 0 Å². The number of amides is 2. The molecule has 1 unspecified atom stereocenters. The van der Waals surface area contributed by atoms with Crippen LogP contribution in [-0.4, -0.2) is 75.8 Å². The smallest absolute Gasteiger partial charge is 0.244 e. The average Bonchev–Trinajstić information content (AvgIpc) is 3.47. The zero-order valence-corrected chi connectivity index (χ0v) is 17.1. The van der Waals surface area contributed by atoms with Crippen LogP contribution in [0.25, 0.3) is 0 Å². The summed E-state index contributed by atoms with van der Waals surface area (Å²) in [5.41, 5.74) is 0.978. The Morgan fingerprint density at radius 1 is 1.27 bits per heavy atom. The average molecular weight is 413 g/mol. The van der Waals surface area contributed by atoms with E-state index in [2.05, 4.69) is 10.1 Å². The lowest BCUT2D eigenvalue weighted by Crippen LogP contribution is -2.41. The fraction of sp³-hybridized carbons (Fsp3) is 0.524. The molecular formula is C21H27N5O4. The van der Waals surface area contributed by atoms with Gasteiger partial charge in [-0.05, 0) is 36.5 Å². The number of ether oxygens (including phenoxy) is 2. The van der Waals surface area contributed by atoms with E-state index in [4.69, 9.17) is 9.47 Å². The van der Waals surface area contributed by atoms with E-state index < -0.39 is 0 Å². The number of carbonyl (C=O) groups excluding carboxylic acids is 2. The number of methoxy groups -OCH3 is 1. The summed E-state index contributed by atoms with van der Waals surface area (Å²) < 4.78 is 12.9. The Balaban J connectivity index is 1.47. The van der Waals surface area contributed by atoms with Gasteiger partial charge in [0, 0.05) is 26.2 Å². The molecule has 1 atom stereocenters. The molecule has 1 aliphatic heterocycles. The third-order valence-electron chi connectivity index (χ3n) is 5.42. The molecule has 1 saturated carbocycles. The van der Waals surface area contributed by atoms with Gasteiger partial charge < -0.3 is 19.3 Å². The van der Waals surface area contributed by atoms with Gasteiger partial charge in [0.2, 0.25) is 11.8 Å². The molecule has 0 spiro atoms. The van der Waals surface area contributed by atoms with E-state index in [-0.39, 0.29) is 31.0 Å². The zero-order valence-electron chi connectivity index (χ0n) is 17.1. The molecule has 2 aromatic rings. The highest BCUT2D eigenvalue weighted by Crippen LogP contribution is 2.29. The normalized spacial score (nSPS) is 19.6. The Morgan fingerprint density at radius 2 is 2.13 bits per heavy atom. The molecule has 1 aliphatic carbocycles. The lowest BCUT2D eigenvalue weighted by molar-refractivity contribution is -0.139. The fourth-order valence-electron chi connectivity index (χ4n) is 3.53. The molecule has 0 N–H and O–H groups in total. The molecule has 2 aliphatic rings.